The SMILES string of the molecule is CCC1CC(N)CN1C(C)C. The second kappa shape index (κ2) is 3.55. The molecule has 2 atom stereocenters. The molecule has 2 unspecified atom stereocenters. The van der Waals surface area contributed by atoms with Gasteiger partial charge in [0, 0.05) is 24.7 Å². The second-order valence-electron chi connectivity index (χ2n) is 3.85. The van der Waals surface area contributed by atoms with Crippen molar-refractivity contribution in [3.05, 3.63) is 0 Å². The molecule has 1 fully saturated rings. The van der Waals surface area contributed by atoms with E-state index >= 15 is 0 Å². The van der Waals surface area contributed by atoms with Crippen LogP contribution < -0.4 is 5.73 Å². The molecule has 0 spiro atoms. The van der Waals surface area contributed by atoms with Crippen LogP contribution in [0, 0.1) is 0 Å². The van der Waals surface area contributed by atoms with Gasteiger partial charge in [-0.3, -0.25) is 4.90 Å². The summed E-state index contributed by atoms with van der Waals surface area (Å²) in [7, 11) is 0. The Morgan fingerprint density at radius 3 is 2.55 bits per heavy atom. The third-order valence-electron chi connectivity index (χ3n) is 2.62. The van der Waals surface area contributed by atoms with E-state index < -0.39 is 0 Å². The molecule has 2 heteroatoms. The third kappa shape index (κ3) is 1.94. The van der Waals surface area contributed by atoms with Gasteiger partial charge in [-0.2, -0.15) is 0 Å². The van der Waals surface area contributed by atoms with Crippen LogP contribution >= 0.6 is 0 Å². The quantitative estimate of drug-likeness (QED) is 0.651. The van der Waals surface area contributed by atoms with Crippen LogP contribution in [-0.4, -0.2) is 29.6 Å². The van der Waals surface area contributed by atoms with Crippen molar-refractivity contribution in [2.45, 2.75) is 51.7 Å². The fourth-order valence-electron chi connectivity index (χ4n) is 2.01. The predicted molar refractivity (Wildman–Crippen MR) is 48.5 cm³/mol. The van der Waals surface area contributed by atoms with Crippen LogP contribution in [-0.2, 0) is 0 Å². The van der Waals surface area contributed by atoms with Crippen LogP contribution in [0.1, 0.15) is 33.6 Å². The van der Waals surface area contributed by atoms with Gasteiger partial charge < -0.3 is 5.73 Å². The Balaban J connectivity index is 2.50. The summed E-state index contributed by atoms with van der Waals surface area (Å²) in [5.41, 5.74) is 5.89. The smallest absolute Gasteiger partial charge is 0.0183 e. The Morgan fingerprint density at radius 1 is 1.55 bits per heavy atom. The van der Waals surface area contributed by atoms with E-state index in [-0.39, 0.29) is 0 Å². The maximum atomic E-state index is 5.89. The molecule has 0 aromatic heterocycles. The van der Waals surface area contributed by atoms with Crippen molar-refractivity contribution in [2.75, 3.05) is 6.54 Å². The average molecular weight is 156 g/mol. The van der Waals surface area contributed by atoms with Gasteiger partial charge in [0.2, 0.25) is 0 Å². The number of likely N-dealkylation sites (tertiary alicyclic amines) is 1. The minimum atomic E-state index is 0.419. The van der Waals surface area contributed by atoms with Crippen LogP contribution in [0.15, 0.2) is 0 Å². The predicted octanol–water partition coefficient (Wildman–Crippen LogP) is 1.21. The van der Waals surface area contributed by atoms with Crippen LogP contribution in [0.25, 0.3) is 0 Å². The van der Waals surface area contributed by atoms with Gasteiger partial charge >= 0.3 is 0 Å². The molecule has 1 aliphatic rings. The van der Waals surface area contributed by atoms with Gasteiger partial charge in [0.25, 0.3) is 0 Å². The highest BCUT2D eigenvalue weighted by atomic mass is 15.2. The zero-order valence-electron chi connectivity index (χ0n) is 7.88. The van der Waals surface area contributed by atoms with E-state index in [1.165, 1.54) is 12.8 Å². The highest BCUT2D eigenvalue weighted by Crippen LogP contribution is 2.21. The van der Waals surface area contributed by atoms with Gasteiger partial charge in [-0.1, -0.05) is 6.92 Å². The van der Waals surface area contributed by atoms with Crippen molar-refractivity contribution >= 4 is 0 Å². The maximum absolute atomic E-state index is 5.89. The molecule has 0 bridgehead atoms. The van der Waals surface area contributed by atoms with Crippen LogP contribution in [0.3, 0.4) is 0 Å². The van der Waals surface area contributed by atoms with E-state index in [1.807, 2.05) is 0 Å². The van der Waals surface area contributed by atoms with Crippen molar-refractivity contribution in [1.82, 2.24) is 4.90 Å². The van der Waals surface area contributed by atoms with E-state index in [0.29, 0.717) is 12.1 Å². The number of rotatable bonds is 2. The zero-order chi connectivity index (χ0) is 8.43. The molecule has 66 valence electrons. The summed E-state index contributed by atoms with van der Waals surface area (Å²) in [5, 5.41) is 0. The molecule has 0 amide bonds. The Bertz CT molecular complexity index is 123. The number of nitrogens with zero attached hydrogens (tertiary/aromatic N) is 1. The van der Waals surface area contributed by atoms with Crippen molar-refractivity contribution in [2.24, 2.45) is 5.73 Å². The van der Waals surface area contributed by atoms with Gasteiger partial charge in [-0.25, -0.2) is 0 Å². The Morgan fingerprint density at radius 2 is 2.18 bits per heavy atom. The largest absolute Gasteiger partial charge is 0.326 e. The molecule has 0 saturated carbocycles. The number of hydrogen-bond donors (Lipinski definition) is 1. The minimum absolute atomic E-state index is 0.419. The third-order valence-corrected chi connectivity index (χ3v) is 2.62. The first kappa shape index (κ1) is 9.01. The van der Waals surface area contributed by atoms with E-state index in [9.17, 15) is 0 Å². The molecule has 1 aliphatic heterocycles. The average Bonchev–Trinajstić information content (AvgIpc) is 2.30. The number of nitrogens with two attached hydrogens (primary N) is 1. The van der Waals surface area contributed by atoms with Gasteiger partial charge in [-0.15, -0.1) is 0 Å². The molecule has 1 heterocycles. The monoisotopic (exact) mass is 156 g/mol. The summed E-state index contributed by atoms with van der Waals surface area (Å²) < 4.78 is 0. The highest BCUT2D eigenvalue weighted by Gasteiger charge is 2.29. The lowest BCUT2D eigenvalue weighted by Gasteiger charge is -2.26. The van der Waals surface area contributed by atoms with Crippen molar-refractivity contribution < 1.29 is 0 Å². The molecule has 2 nitrogen and oxygen atoms in total. The Kier molecular flexibility index (Phi) is 2.90. The van der Waals surface area contributed by atoms with Crippen molar-refractivity contribution in [1.29, 1.82) is 0 Å². The lowest BCUT2D eigenvalue weighted by atomic mass is 10.1. The summed E-state index contributed by atoms with van der Waals surface area (Å²) >= 11 is 0. The first-order chi connectivity index (χ1) is 5.15. The molecule has 1 rings (SSSR count). The van der Waals surface area contributed by atoms with Gasteiger partial charge in [0.05, 0.1) is 0 Å². The van der Waals surface area contributed by atoms with Crippen LogP contribution in [0.4, 0.5) is 0 Å². The Labute approximate surface area is 69.8 Å². The molecule has 0 aromatic rings. The fraction of sp³-hybridized carbons (Fsp3) is 1.00. The topological polar surface area (TPSA) is 29.3 Å². The number of hydrogen-bond acceptors (Lipinski definition) is 2. The Hall–Kier alpha value is -0.0800. The van der Waals surface area contributed by atoms with Crippen molar-refractivity contribution in [3.8, 4) is 0 Å². The normalized spacial score (nSPS) is 33.5. The molecular weight excluding hydrogens is 136 g/mol. The van der Waals surface area contributed by atoms with Crippen LogP contribution in [0.5, 0.6) is 0 Å². The van der Waals surface area contributed by atoms with Crippen LogP contribution in [0.2, 0.25) is 0 Å². The van der Waals surface area contributed by atoms with E-state index in [0.717, 1.165) is 12.6 Å². The molecule has 1 saturated heterocycles. The highest BCUT2D eigenvalue weighted by molar-refractivity contribution is 4.88. The van der Waals surface area contributed by atoms with E-state index in [4.69, 9.17) is 5.73 Å². The van der Waals surface area contributed by atoms with Crippen molar-refractivity contribution in [3.63, 3.8) is 0 Å². The summed E-state index contributed by atoms with van der Waals surface area (Å²) in [6, 6.07) is 1.82. The molecular formula is C9H20N2. The summed E-state index contributed by atoms with van der Waals surface area (Å²) in [6.07, 6.45) is 2.43. The summed E-state index contributed by atoms with van der Waals surface area (Å²) in [6.45, 7) is 7.84. The standard InChI is InChI=1S/C9H20N2/c1-4-9-5-8(10)6-11(9)7(2)3/h7-9H,4-6,10H2,1-3H3. The fourth-order valence-corrected chi connectivity index (χ4v) is 2.01. The van der Waals surface area contributed by atoms with Gasteiger partial charge in [0.15, 0.2) is 0 Å². The summed E-state index contributed by atoms with van der Waals surface area (Å²) in [4.78, 5) is 2.52. The van der Waals surface area contributed by atoms with E-state index in [1.54, 1.807) is 0 Å². The minimum Gasteiger partial charge on any atom is -0.326 e. The first-order valence-corrected chi connectivity index (χ1v) is 4.66. The van der Waals surface area contributed by atoms with Gasteiger partial charge in [-0.05, 0) is 26.7 Å². The molecule has 0 aromatic carbocycles. The van der Waals surface area contributed by atoms with Gasteiger partial charge in [0.1, 0.15) is 0 Å². The lowest BCUT2D eigenvalue weighted by Crippen LogP contribution is -2.36. The molecule has 0 radical (unpaired) electrons. The zero-order valence-corrected chi connectivity index (χ0v) is 7.88. The maximum Gasteiger partial charge on any atom is 0.0183 e. The molecule has 0 aliphatic carbocycles. The summed E-state index contributed by atoms with van der Waals surface area (Å²) in [5.74, 6) is 0. The lowest BCUT2D eigenvalue weighted by molar-refractivity contribution is 0.198. The molecule has 2 N–H and O–H groups in total. The second-order valence-corrected chi connectivity index (χ2v) is 3.85. The first-order valence-electron chi connectivity index (χ1n) is 4.66. The molecule has 11 heavy (non-hydrogen) atoms. The van der Waals surface area contributed by atoms with E-state index in [2.05, 4.69) is 25.7 Å².